The Morgan fingerprint density at radius 2 is 2.03 bits per heavy atom. The predicted octanol–water partition coefficient (Wildman–Crippen LogP) is 4.24. The lowest BCUT2D eigenvalue weighted by Crippen LogP contribution is -2.27. The first-order chi connectivity index (χ1) is 17.6. The van der Waals surface area contributed by atoms with Gasteiger partial charge in [-0.15, -0.1) is 0 Å². The molecule has 37 heavy (non-hydrogen) atoms. The molecule has 1 fully saturated rings. The van der Waals surface area contributed by atoms with Gasteiger partial charge >= 0.3 is 6.18 Å². The molecule has 0 amide bonds. The molecule has 0 aliphatic carbocycles. The topological polar surface area (TPSA) is 91.7 Å². The van der Waals surface area contributed by atoms with Crippen LogP contribution in [-0.4, -0.2) is 55.3 Å². The monoisotopic (exact) mass is 511 g/mol. The summed E-state index contributed by atoms with van der Waals surface area (Å²) < 4.78 is 43.3. The summed E-state index contributed by atoms with van der Waals surface area (Å²) in [6.07, 6.45) is -0.0216. The second-order valence-electron chi connectivity index (χ2n) is 9.49. The number of benzene rings is 1. The third-order valence-corrected chi connectivity index (χ3v) is 6.84. The zero-order chi connectivity index (χ0) is 26.3. The SMILES string of the molecule is CCN1CC[C@H](Nc2cc3nc(Cc4ccc(-n5cc(C)c(C)n5)nc4)[nH]c(=O)c3cc2C(F)(F)F)C1. The molecule has 1 atom stereocenters. The van der Waals surface area contributed by atoms with Crippen molar-refractivity contribution >= 4 is 16.6 Å². The number of nitrogens with one attached hydrogen (secondary N) is 2. The van der Waals surface area contributed by atoms with Crippen molar-refractivity contribution in [2.75, 3.05) is 25.0 Å². The van der Waals surface area contributed by atoms with E-state index in [1.54, 1.807) is 10.9 Å². The molecule has 0 spiro atoms. The van der Waals surface area contributed by atoms with E-state index < -0.39 is 17.3 Å². The Kier molecular flexibility index (Phi) is 6.49. The summed E-state index contributed by atoms with van der Waals surface area (Å²) >= 11 is 0. The van der Waals surface area contributed by atoms with Crippen molar-refractivity contribution in [2.45, 2.75) is 45.8 Å². The maximum absolute atomic E-state index is 13.9. The van der Waals surface area contributed by atoms with E-state index in [1.807, 2.05) is 39.1 Å². The molecule has 1 aliphatic heterocycles. The van der Waals surface area contributed by atoms with Crippen LogP contribution in [0.2, 0.25) is 0 Å². The molecule has 11 heteroatoms. The molecule has 4 aromatic rings. The van der Waals surface area contributed by atoms with E-state index in [-0.39, 0.29) is 29.1 Å². The quantitative estimate of drug-likeness (QED) is 0.403. The standard InChI is InChI=1S/C26H28F3N7O/c1-4-35-8-7-18(14-35)31-22-11-21-19(10-20(22)26(27,28)29)25(37)33-23(32-21)9-17-5-6-24(30-12-17)36-13-15(2)16(3)34-36/h5-6,10-13,18,31H,4,7-9,14H2,1-3H3,(H,32,33,37)/t18-/m0/s1. The smallest absolute Gasteiger partial charge is 0.380 e. The summed E-state index contributed by atoms with van der Waals surface area (Å²) in [6, 6.07) is 5.81. The lowest BCUT2D eigenvalue weighted by atomic mass is 10.1. The number of hydrogen-bond acceptors (Lipinski definition) is 6. The van der Waals surface area contributed by atoms with Gasteiger partial charge in [-0.05, 0) is 56.1 Å². The van der Waals surface area contributed by atoms with Gasteiger partial charge in [0.05, 0.1) is 22.2 Å². The fourth-order valence-electron chi connectivity index (χ4n) is 4.64. The van der Waals surface area contributed by atoms with Gasteiger partial charge in [0.15, 0.2) is 5.82 Å². The van der Waals surface area contributed by atoms with E-state index in [9.17, 15) is 18.0 Å². The Labute approximate surface area is 211 Å². The Bertz CT molecular complexity index is 1470. The molecular formula is C26H28F3N7O. The number of anilines is 1. The normalized spacial score (nSPS) is 16.5. The highest BCUT2D eigenvalue weighted by molar-refractivity contribution is 5.83. The van der Waals surface area contributed by atoms with Crippen molar-refractivity contribution in [2.24, 2.45) is 0 Å². The zero-order valence-corrected chi connectivity index (χ0v) is 20.9. The second kappa shape index (κ2) is 9.62. The van der Waals surface area contributed by atoms with Crippen LogP contribution in [0.5, 0.6) is 0 Å². The fourth-order valence-corrected chi connectivity index (χ4v) is 4.64. The number of H-pyrrole nitrogens is 1. The molecule has 0 radical (unpaired) electrons. The molecule has 8 nitrogen and oxygen atoms in total. The number of nitrogens with zero attached hydrogens (tertiary/aromatic N) is 5. The van der Waals surface area contributed by atoms with Gasteiger partial charge in [-0.1, -0.05) is 13.0 Å². The van der Waals surface area contributed by atoms with Gasteiger partial charge in [0.2, 0.25) is 0 Å². The molecule has 1 aliphatic rings. The molecule has 2 N–H and O–H groups in total. The van der Waals surface area contributed by atoms with Crippen LogP contribution in [0.1, 0.15) is 41.6 Å². The molecule has 1 aromatic carbocycles. The third kappa shape index (κ3) is 5.22. The van der Waals surface area contributed by atoms with Gasteiger partial charge in [0.1, 0.15) is 5.82 Å². The van der Waals surface area contributed by atoms with Crippen LogP contribution >= 0.6 is 0 Å². The Balaban J connectivity index is 1.44. The summed E-state index contributed by atoms with van der Waals surface area (Å²) in [6.45, 7) is 8.27. The molecule has 1 saturated heterocycles. The van der Waals surface area contributed by atoms with Gasteiger partial charge in [-0.25, -0.2) is 14.6 Å². The first kappa shape index (κ1) is 24.9. The Hall–Kier alpha value is -3.73. The van der Waals surface area contributed by atoms with Gasteiger partial charge in [0.25, 0.3) is 5.56 Å². The first-order valence-corrected chi connectivity index (χ1v) is 12.2. The summed E-state index contributed by atoms with van der Waals surface area (Å²) in [5, 5.41) is 7.38. The van der Waals surface area contributed by atoms with Crippen LogP contribution in [0.3, 0.4) is 0 Å². The van der Waals surface area contributed by atoms with E-state index in [0.29, 0.717) is 18.2 Å². The van der Waals surface area contributed by atoms with Gasteiger partial charge in [-0.3, -0.25) is 4.79 Å². The molecule has 0 saturated carbocycles. The van der Waals surface area contributed by atoms with E-state index in [1.165, 1.54) is 6.07 Å². The number of likely N-dealkylation sites (tertiary alicyclic amines) is 1. The molecule has 3 aromatic heterocycles. The maximum Gasteiger partial charge on any atom is 0.418 e. The Morgan fingerprint density at radius 3 is 2.65 bits per heavy atom. The van der Waals surface area contributed by atoms with Gasteiger partial charge < -0.3 is 15.2 Å². The molecule has 0 unspecified atom stereocenters. The largest absolute Gasteiger partial charge is 0.418 e. The van der Waals surface area contributed by atoms with Crippen LogP contribution in [-0.2, 0) is 12.6 Å². The summed E-state index contributed by atoms with van der Waals surface area (Å²) in [5.41, 5.74) is 1.46. The minimum atomic E-state index is -4.61. The Morgan fingerprint density at radius 1 is 1.22 bits per heavy atom. The molecular weight excluding hydrogens is 483 g/mol. The maximum atomic E-state index is 13.9. The van der Waals surface area contributed by atoms with Crippen molar-refractivity contribution in [3.05, 3.63) is 75.2 Å². The van der Waals surface area contributed by atoms with Crippen LogP contribution in [0, 0.1) is 13.8 Å². The number of pyridine rings is 1. The average molecular weight is 512 g/mol. The molecule has 4 heterocycles. The highest BCUT2D eigenvalue weighted by atomic mass is 19.4. The number of fused-ring (bicyclic) bond motifs is 1. The summed E-state index contributed by atoms with van der Waals surface area (Å²) in [4.78, 5) is 26.5. The van der Waals surface area contributed by atoms with E-state index >= 15 is 0 Å². The van der Waals surface area contributed by atoms with E-state index in [0.717, 1.165) is 42.4 Å². The number of aryl methyl sites for hydroxylation is 2. The lowest BCUT2D eigenvalue weighted by Gasteiger charge is -2.20. The second-order valence-corrected chi connectivity index (χ2v) is 9.49. The van der Waals surface area contributed by atoms with Crippen molar-refractivity contribution in [3.63, 3.8) is 0 Å². The van der Waals surface area contributed by atoms with Gasteiger partial charge in [-0.2, -0.15) is 18.3 Å². The van der Waals surface area contributed by atoms with Crippen LogP contribution in [0.4, 0.5) is 18.9 Å². The number of halogens is 3. The van der Waals surface area contributed by atoms with Crippen LogP contribution in [0.15, 0.2) is 41.5 Å². The van der Waals surface area contributed by atoms with E-state index in [4.69, 9.17) is 0 Å². The van der Waals surface area contributed by atoms with Crippen molar-refractivity contribution < 1.29 is 13.2 Å². The highest BCUT2D eigenvalue weighted by Crippen LogP contribution is 2.37. The molecule has 5 rings (SSSR count). The first-order valence-electron chi connectivity index (χ1n) is 12.2. The van der Waals surface area contributed by atoms with Crippen molar-refractivity contribution in [1.82, 2.24) is 29.6 Å². The van der Waals surface area contributed by atoms with Gasteiger partial charge in [0, 0.05) is 43.6 Å². The van der Waals surface area contributed by atoms with E-state index in [2.05, 4.69) is 30.3 Å². The number of rotatable bonds is 6. The summed E-state index contributed by atoms with van der Waals surface area (Å²) in [5.74, 6) is 1.01. The molecule has 0 bridgehead atoms. The predicted molar refractivity (Wildman–Crippen MR) is 135 cm³/mol. The molecule has 194 valence electrons. The summed E-state index contributed by atoms with van der Waals surface area (Å²) in [7, 11) is 0. The number of likely N-dealkylation sites (N-methyl/N-ethyl adjacent to an activating group) is 1. The highest BCUT2D eigenvalue weighted by Gasteiger charge is 2.35. The van der Waals surface area contributed by atoms with Crippen LogP contribution in [0.25, 0.3) is 16.7 Å². The lowest BCUT2D eigenvalue weighted by molar-refractivity contribution is -0.136. The van der Waals surface area contributed by atoms with Crippen molar-refractivity contribution in [3.8, 4) is 5.82 Å². The fraction of sp³-hybridized carbons (Fsp3) is 0.385. The minimum Gasteiger partial charge on any atom is -0.380 e. The number of alkyl halides is 3. The number of aromatic amines is 1. The zero-order valence-electron chi connectivity index (χ0n) is 20.9. The average Bonchev–Trinajstić information content (AvgIpc) is 3.44. The number of hydrogen-bond donors (Lipinski definition) is 2. The third-order valence-electron chi connectivity index (χ3n) is 6.84. The minimum absolute atomic E-state index is 0.0529. The van der Waals surface area contributed by atoms with Crippen LogP contribution < -0.4 is 10.9 Å². The van der Waals surface area contributed by atoms with Crippen molar-refractivity contribution in [1.29, 1.82) is 0 Å². The number of aromatic nitrogens is 5.